The molecule has 7 nitrogen and oxygen atoms in total. The van der Waals surface area contributed by atoms with E-state index in [2.05, 4.69) is 21.7 Å². The number of nitrogens with one attached hydrogen (secondary N) is 2. The predicted octanol–water partition coefficient (Wildman–Crippen LogP) is 3.68. The molecule has 2 fully saturated rings. The van der Waals surface area contributed by atoms with E-state index < -0.39 is 0 Å². The Morgan fingerprint density at radius 3 is 2.74 bits per heavy atom. The summed E-state index contributed by atoms with van der Waals surface area (Å²) in [6, 6.07) is -0.369. The Bertz CT molecular complexity index is 846. The first-order valence-electron chi connectivity index (χ1n) is 11.2. The van der Waals surface area contributed by atoms with E-state index in [-0.39, 0.29) is 29.0 Å². The lowest BCUT2D eigenvalue weighted by Gasteiger charge is -2.31. The number of aromatic nitrogens is 1. The van der Waals surface area contributed by atoms with Gasteiger partial charge in [-0.2, -0.15) is 0 Å². The number of piperidine rings is 1. The molecule has 0 saturated carbocycles. The number of thiazole rings is 1. The Balaban J connectivity index is 1.20. The fourth-order valence-corrected chi connectivity index (χ4v) is 6.25. The van der Waals surface area contributed by atoms with Crippen molar-refractivity contribution in [3.05, 3.63) is 27.7 Å². The van der Waals surface area contributed by atoms with Crippen LogP contribution in [0.4, 0.5) is 4.79 Å². The molecule has 0 bridgehead atoms. The standard InChI is InChI=1S/C22H30N4O3S2/c27-19(24-17-9-13-30-21(17)28)18-14-31-20(25-18)16-7-11-26(12-8-16)22(29)23-10-6-15-4-2-1-3-5-15/h4,14,16-17H,1-3,5-13H2,(H,23,29)(H,24,27). The molecule has 1 aliphatic carbocycles. The van der Waals surface area contributed by atoms with Gasteiger partial charge in [-0.05, 0) is 51.4 Å². The first-order chi connectivity index (χ1) is 15.1. The Morgan fingerprint density at radius 1 is 1.19 bits per heavy atom. The molecule has 1 atom stereocenters. The first-order valence-corrected chi connectivity index (χ1v) is 13.1. The minimum absolute atomic E-state index is 0.0214. The van der Waals surface area contributed by atoms with Crippen molar-refractivity contribution < 1.29 is 14.4 Å². The van der Waals surface area contributed by atoms with Gasteiger partial charge in [-0.25, -0.2) is 9.78 Å². The van der Waals surface area contributed by atoms with Gasteiger partial charge in [0.15, 0.2) is 0 Å². The molecule has 4 rings (SSSR count). The molecule has 2 saturated heterocycles. The smallest absolute Gasteiger partial charge is 0.317 e. The van der Waals surface area contributed by atoms with Crippen molar-refractivity contribution in [3.63, 3.8) is 0 Å². The Kier molecular flexibility index (Phi) is 7.66. The van der Waals surface area contributed by atoms with Gasteiger partial charge in [-0.3, -0.25) is 9.59 Å². The molecule has 3 amide bonds. The van der Waals surface area contributed by atoms with Gasteiger partial charge in [0, 0.05) is 36.7 Å². The molecule has 0 spiro atoms. The van der Waals surface area contributed by atoms with Gasteiger partial charge in [0.05, 0.1) is 11.0 Å². The summed E-state index contributed by atoms with van der Waals surface area (Å²) in [6.45, 7) is 2.11. The highest BCUT2D eigenvalue weighted by Gasteiger charge is 2.29. The fourth-order valence-electron chi connectivity index (χ4n) is 4.34. The number of rotatable bonds is 6. The molecule has 31 heavy (non-hydrogen) atoms. The molecule has 1 aromatic rings. The molecule has 3 heterocycles. The van der Waals surface area contributed by atoms with Crippen LogP contribution in [0.25, 0.3) is 0 Å². The number of nitrogens with zero attached hydrogens (tertiary/aromatic N) is 2. The molecule has 2 aliphatic heterocycles. The second kappa shape index (κ2) is 10.6. The molecule has 3 aliphatic rings. The number of carbonyl (C=O) groups excluding carboxylic acids is 3. The van der Waals surface area contributed by atoms with Crippen molar-refractivity contribution in [2.24, 2.45) is 0 Å². The lowest BCUT2D eigenvalue weighted by atomic mass is 9.97. The summed E-state index contributed by atoms with van der Waals surface area (Å²) in [5.41, 5.74) is 1.87. The van der Waals surface area contributed by atoms with Crippen LogP contribution in [-0.2, 0) is 4.79 Å². The maximum absolute atomic E-state index is 12.5. The summed E-state index contributed by atoms with van der Waals surface area (Å²) in [4.78, 5) is 43.0. The third-order valence-corrected chi connectivity index (χ3v) is 8.25. The minimum Gasteiger partial charge on any atom is -0.340 e. The maximum atomic E-state index is 12.5. The van der Waals surface area contributed by atoms with Crippen LogP contribution in [0.5, 0.6) is 0 Å². The number of allylic oxidation sites excluding steroid dienone is 1. The van der Waals surface area contributed by atoms with Crippen molar-refractivity contribution in [3.8, 4) is 0 Å². The number of hydrogen-bond donors (Lipinski definition) is 2. The number of likely N-dealkylation sites (tertiary alicyclic amines) is 1. The average molecular weight is 463 g/mol. The zero-order chi connectivity index (χ0) is 21.6. The lowest BCUT2D eigenvalue weighted by molar-refractivity contribution is -0.112. The third-order valence-electron chi connectivity index (χ3n) is 6.23. The van der Waals surface area contributed by atoms with Gasteiger partial charge >= 0.3 is 6.03 Å². The summed E-state index contributed by atoms with van der Waals surface area (Å²) in [5, 5.41) is 8.61. The summed E-state index contributed by atoms with van der Waals surface area (Å²) in [6.07, 6.45) is 10.6. The Morgan fingerprint density at radius 2 is 2.03 bits per heavy atom. The predicted molar refractivity (Wildman–Crippen MR) is 124 cm³/mol. The normalized spacial score (nSPS) is 22.3. The lowest BCUT2D eigenvalue weighted by Crippen LogP contribution is -2.44. The maximum Gasteiger partial charge on any atom is 0.317 e. The van der Waals surface area contributed by atoms with E-state index in [1.807, 2.05) is 4.90 Å². The first kappa shape index (κ1) is 22.3. The Hall–Kier alpha value is -1.87. The number of thioether (sulfide) groups is 1. The van der Waals surface area contributed by atoms with Gasteiger partial charge in [0.25, 0.3) is 5.91 Å². The van der Waals surface area contributed by atoms with Crippen LogP contribution in [0.3, 0.4) is 0 Å². The molecular weight excluding hydrogens is 432 g/mol. The SMILES string of the molecule is O=C(NC1CCSC1=O)c1csc(C2CCN(C(=O)NCCC3=CCCCC3)CC2)n1. The van der Waals surface area contributed by atoms with E-state index in [4.69, 9.17) is 0 Å². The number of carbonyl (C=O) groups is 3. The summed E-state index contributed by atoms with van der Waals surface area (Å²) in [7, 11) is 0. The quantitative estimate of drug-likeness (QED) is 0.629. The largest absolute Gasteiger partial charge is 0.340 e. The molecule has 168 valence electrons. The van der Waals surface area contributed by atoms with Gasteiger partial charge in [0.2, 0.25) is 5.12 Å². The van der Waals surface area contributed by atoms with Crippen molar-refractivity contribution >= 4 is 40.2 Å². The van der Waals surface area contributed by atoms with Gasteiger partial charge < -0.3 is 15.5 Å². The highest BCUT2D eigenvalue weighted by atomic mass is 32.2. The molecule has 0 aromatic carbocycles. The highest BCUT2D eigenvalue weighted by molar-refractivity contribution is 8.14. The molecule has 1 unspecified atom stereocenters. The molecule has 1 aromatic heterocycles. The van der Waals surface area contributed by atoms with Crippen LogP contribution < -0.4 is 10.6 Å². The monoisotopic (exact) mass is 462 g/mol. The second-order valence-corrected chi connectivity index (χ2v) is 10.4. The van der Waals surface area contributed by atoms with Crippen LogP contribution in [0, 0.1) is 0 Å². The second-order valence-electron chi connectivity index (χ2n) is 8.40. The number of amides is 3. The van der Waals surface area contributed by atoms with E-state index in [0.717, 1.165) is 30.0 Å². The molecule has 2 N–H and O–H groups in total. The van der Waals surface area contributed by atoms with Gasteiger partial charge in [-0.15, -0.1) is 11.3 Å². The van der Waals surface area contributed by atoms with Crippen molar-refractivity contribution in [1.29, 1.82) is 0 Å². The van der Waals surface area contributed by atoms with E-state index in [1.54, 1.807) is 5.38 Å². The fraction of sp³-hybridized carbons (Fsp3) is 0.636. The van der Waals surface area contributed by atoms with Crippen LogP contribution in [0.1, 0.15) is 72.8 Å². The summed E-state index contributed by atoms with van der Waals surface area (Å²) < 4.78 is 0. The molecule has 0 radical (unpaired) electrons. The minimum atomic E-state index is -0.390. The highest BCUT2D eigenvalue weighted by Crippen LogP contribution is 2.30. The van der Waals surface area contributed by atoms with Crippen LogP contribution in [-0.4, -0.2) is 58.4 Å². The van der Waals surface area contributed by atoms with Crippen LogP contribution in [0.15, 0.2) is 17.0 Å². The number of urea groups is 1. The van der Waals surface area contributed by atoms with Gasteiger partial charge in [-0.1, -0.05) is 23.4 Å². The molecule has 9 heteroatoms. The van der Waals surface area contributed by atoms with E-state index >= 15 is 0 Å². The van der Waals surface area contributed by atoms with Gasteiger partial charge in [0.1, 0.15) is 5.69 Å². The van der Waals surface area contributed by atoms with Crippen molar-refractivity contribution in [1.82, 2.24) is 20.5 Å². The van der Waals surface area contributed by atoms with E-state index in [1.165, 1.54) is 54.4 Å². The summed E-state index contributed by atoms with van der Waals surface area (Å²) in [5.74, 6) is 0.760. The van der Waals surface area contributed by atoms with Crippen molar-refractivity contribution in [2.45, 2.75) is 63.3 Å². The number of hydrogen-bond acceptors (Lipinski definition) is 6. The van der Waals surface area contributed by atoms with Crippen molar-refractivity contribution in [2.75, 3.05) is 25.4 Å². The third kappa shape index (κ3) is 5.88. The van der Waals surface area contributed by atoms with E-state index in [9.17, 15) is 14.4 Å². The summed E-state index contributed by atoms with van der Waals surface area (Å²) >= 11 is 2.77. The average Bonchev–Trinajstić information content (AvgIpc) is 3.44. The molecular formula is C22H30N4O3S2. The van der Waals surface area contributed by atoms with Crippen LogP contribution >= 0.6 is 23.1 Å². The Labute approximate surface area is 191 Å². The van der Waals surface area contributed by atoms with Crippen LogP contribution in [0.2, 0.25) is 0 Å². The zero-order valence-corrected chi connectivity index (χ0v) is 19.4. The zero-order valence-electron chi connectivity index (χ0n) is 17.7. The topological polar surface area (TPSA) is 91.4 Å². The van der Waals surface area contributed by atoms with E-state index in [0.29, 0.717) is 31.7 Å².